The highest BCUT2D eigenvalue weighted by Crippen LogP contribution is 2.39. The summed E-state index contributed by atoms with van der Waals surface area (Å²) in [6.45, 7) is 2.26. The molecule has 0 bridgehead atoms. The number of hydrogen-bond donors (Lipinski definition) is 2. The van der Waals surface area contributed by atoms with Gasteiger partial charge in [0.05, 0.1) is 48.5 Å². The molecule has 0 spiro atoms. The summed E-state index contributed by atoms with van der Waals surface area (Å²) in [6.07, 6.45) is 0. The zero-order valence-electron chi connectivity index (χ0n) is 22.7. The Morgan fingerprint density at radius 2 is 1.69 bits per heavy atom. The summed E-state index contributed by atoms with van der Waals surface area (Å²) in [5.74, 6) is -0.320. The lowest BCUT2D eigenvalue weighted by molar-refractivity contribution is -0.119. The first-order valence-corrected chi connectivity index (χ1v) is 12.5. The molecule has 0 atom stereocenters. The molecule has 2 amide bonds. The Morgan fingerprint density at radius 1 is 0.949 bits per heavy atom. The van der Waals surface area contributed by atoms with Crippen molar-refractivity contribution in [1.29, 1.82) is 0 Å². The molecule has 0 unspecified atom stereocenters. The van der Waals surface area contributed by atoms with Crippen molar-refractivity contribution in [3.05, 3.63) is 83.4 Å². The van der Waals surface area contributed by atoms with Crippen LogP contribution in [0.5, 0.6) is 5.75 Å². The molecule has 0 radical (unpaired) electrons. The second kappa shape index (κ2) is 11.8. The Kier molecular flexibility index (Phi) is 8.31. The van der Waals surface area contributed by atoms with Gasteiger partial charge in [0.1, 0.15) is 5.75 Å². The molecule has 3 aromatic carbocycles. The van der Waals surface area contributed by atoms with E-state index in [1.165, 1.54) is 0 Å². The summed E-state index contributed by atoms with van der Waals surface area (Å²) in [5, 5.41) is 6.28. The molecule has 39 heavy (non-hydrogen) atoms. The van der Waals surface area contributed by atoms with Crippen LogP contribution in [0.2, 0.25) is 0 Å². The molecule has 0 fully saturated rings. The maximum Gasteiger partial charge on any atom is 0.338 e. The molecule has 1 aliphatic heterocycles. The summed E-state index contributed by atoms with van der Waals surface area (Å²) in [5.41, 5.74) is 4.67. The minimum Gasteiger partial charge on any atom is -0.494 e. The number of ether oxygens (including phenoxy) is 2. The Bertz CT molecular complexity index is 1430. The van der Waals surface area contributed by atoms with E-state index in [-0.39, 0.29) is 25.0 Å². The van der Waals surface area contributed by atoms with Crippen LogP contribution in [0.1, 0.15) is 28.4 Å². The van der Waals surface area contributed by atoms with E-state index >= 15 is 0 Å². The fourth-order valence-corrected chi connectivity index (χ4v) is 4.33. The number of methoxy groups -OCH3 is 1. The molecular formula is C30H32N4O5. The lowest BCUT2D eigenvalue weighted by atomic mass is 9.99. The average Bonchev–Trinajstić information content (AvgIpc) is 3.26. The predicted octanol–water partition coefficient (Wildman–Crippen LogP) is 4.33. The first-order valence-electron chi connectivity index (χ1n) is 12.5. The molecule has 9 heteroatoms. The van der Waals surface area contributed by atoms with Crippen LogP contribution in [0.25, 0.3) is 11.3 Å². The molecule has 0 aromatic heterocycles. The van der Waals surface area contributed by atoms with Crippen molar-refractivity contribution in [2.75, 3.05) is 56.9 Å². The van der Waals surface area contributed by atoms with Crippen molar-refractivity contribution >= 4 is 46.1 Å². The molecule has 0 aliphatic carbocycles. The minimum atomic E-state index is -0.449. The van der Waals surface area contributed by atoms with E-state index in [0.717, 1.165) is 5.56 Å². The lowest BCUT2D eigenvalue weighted by Gasteiger charge is -2.23. The Balaban J connectivity index is 1.76. The number of benzene rings is 3. The van der Waals surface area contributed by atoms with Crippen LogP contribution in [0.4, 0.5) is 17.1 Å². The fourth-order valence-electron chi connectivity index (χ4n) is 4.33. The van der Waals surface area contributed by atoms with Gasteiger partial charge in [-0.25, -0.2) is 4.79 Å². The standard InChI is InChI=1S/C30H32N4O5/c1-6-39-30(37)20-12-14-22-23(16-20)32-29(36)27(22)28(19-10-8-7-9-11-19)31-21-13-15-24(25(17-21)38-5)34(4)26(35)18-33(2)3/h7-17,31H,6,18H2,1-5H3,(H,32,36)/b28-27-. The smallest absolute Gasteiger partial charge is 0.338 e. The average molecular weight is 529 g/mol. The van der Waals surface area contributed by atoms with E-state index in [2.05, 4.69) is 10.6 Å². The number of anilines is 3. The van der Waals surface area contributed by atoms with Gasteiger partial charge in [-0.3, -0.25) is 9.59 Å². The van der Waals surface area contributed by atoms with Crippen molar-refractivity contribution in [2.24, 2.45) is 0 Å². The zero-order chi connectivity index (χ0) is 28.1. The van der Waals surface area contributed by atoms with Gasteiger partial charge in [0, 0.05) is 24.4 Å². The van der Waals surface area contributed by atoms with Crippen molar-refractivity contribution < 1.29 is 23.9 Å². The van der Waals surface area contributed by atoms with Crippen molar-refractivity contribution in [1.82, 2.24) is 4.90 Å². The highest BCUT2D eigenvalue weighted by molar-refractivity contribution is 6.37. The van der Waals surface area contributed by atoms with E-state index in [4.69, 9.17) is 9.47 Å². The van der Waals surface area contributed by atoms with Gasteiger partial charge >= 0.3 is 5.97 Å². The van der Waals surface area contributed by atoms with Gasteiger partial charge in [-0.05, 0) is 50.8 Å². The highest BCUT2D eigenvalue weighted by atomic mass is 16.5. The SMILES string of the molecule is CCOC(=O)c1ccc2c(c1)NC(=O)/C2=C(\Nc1ccc(N(C)C(=O)CN(C)C)c(OC)c1)c1ccccc1. The number of fused-ring (bicyclic) bond motifs is 1. The summed E-state index contributed by atoms with van der Waals surface area (Å²) in [6, 6.07) is 19.9. The van der Waals surface area contributed by atoms with E-state index in [9.17, 15) is 14.4 Å². The number of nitrogens with one attached hydrogen (secondary N) is 2. The Morgan fingerprint density at radius 3 is 2.36 bits per heavy atom. The van der Waals surface area contributed by atoms with Gasteiger partial charge in [0.2, 0.25) is 5.91 Å². The van der Waals surface area contributed by atoms with E-state index in [0.29, 0.717) is 45.2 Å². The molecular weight excluding hydrogens is 496 g/mol. The number of nitrogens with zero attached hydrogens (tertiary/aromatic N) is 2. The van der Waals surface area contributed by atoms with Crippen molar-refractivity contribution in [2.45, 2.75) is 6.92 Å². The van der Waals surface area contributed by atoms with E-state index in [1.807, 2.05) is 50.5 Å². The van der Waals surface area contributed by atoms with Crippen LogP contribution in [0, 0.1) is 0 Å². The molecule has 9 nitrogen and oxygen atoms in total. The monoisotopic (exact) mass is 528 g/mol. The summed E-state index contributed by atoms with van der Waals surface area (Å²) < 4.78 is 10.7. The van der Waals surface area contributed by atoms with Gasteiger partial charge < -0.3 is 29.9 Å². The van der Waals surface area contributed by atoms with Gasteiger partial charge in [0.15, 0.2) is 0 Å². The summed E-state index contributed by atoms with van der Waals surface area (Å²) >= 11 is 0. The third-order valence-electron chi connectivity index (χ3n) is 6.22. The van der Waals surface area contributed by atoms with Gasteiger partial charge in [0.25, 0.3) is 5.91 Å². The van der Waals surface area contributed by atoms with Crippen LogP contribution >= 0.6 is 0 Å². The Labute approximate surface area is 228 Å². The summed E-state index contributed by atoms with van der Waals surface area (Å²) in [7, 11) is 6.93. The fraction of sp³-hybridized carbons (Fsp3) is 0.233. The number of carbonyl (C=O) groups excluding carboxylic acids is 3. The van der Waals surface area contributed by atoms with Gasteiger partial charge in [-0.15, -0.1) is 0 Å². The highest BCUT2D eigenvalue weighted by Gasteiger charge is 2.29. The second-order valence-corrected chi connectivity index (χ2v) is 9.25. The van der Waals surface area contributed by atoms with Crippen LogP contribution in [-0.4, -0.2) is 64.1 Å². The quantitative estimate of drug-likeness (QED) is 0.315. The molecule has 0 saturated carbocycles. The van der Waals surface area contributed by atoms with Crippen LogP contribution in [-0.2, 0) is 14.3 Å². The van der Waals surface area contributed by atoms with Crippen molar-refractivity contribution in [3.63, 3.8) is 0 Å². The first-order chi connectivity index (χ1) is 18.7. The maximum atomic E-state index is 13.3. The van der Waals surface area contributed by atoms with Crippen LogP contribution < -0.4 is 20.3 Å². The third kappa shape index (κ3) is 5.94. The number of likely N-dealkylation sites (N-methyl/N-ethyl adjacent to an activating group) is 2. The number of esters is 1. The number of hydrogen-bond acceptors (Lipinski definition) is 7. The maximum absolute atomic E-state index is 13.3. The predicted molar refractivity (Wildman–Crippen MR) is 153 cm³/mol. The lowest BCUT2D eigenvalue weighted by Crippen LogP contribution is -2.35. The molecule has 3 aromatic rings. The molecule has 202 valence electrons. The number of rotatable bonds is 9. The zero-order valence-corrected chi connectivity index (χ0v) is 22.7. The largest absolute Gasteiger partial charge is 0.494 e. The number of carbonyl (C=O) groups is 3. The molecule has 1 aliphatic rings. The number of amides is 2. The Hall–Kier alpha value is -4.63. The molecule has 0 saturated heterocycles. The van der Waals surface area contributed by atoms with Crippen molar-refractivity contribution in [3.8, 4) is 5.75 Å². The molecule has 2 N–H and O–H groups in total. The topological polar surface area (TPSA) is 100 Å². The second-order valence-electron chi connectivity index (χ2n) is 9.25. The van der Waals surface area contributed by atoms with E-state index in [1.54, 1.807) is 61.2 Å². The minimum absolute atomic E-state index is 0.0764. The first kappa shape index (κ1) is 27.4. The van der Waals surface area contributed by atoms with Crippen LogP contribution in [0.3, 0.4) is 0 Å². The molecule has 4 rings (SSSR count). The van der Waals surface area contributed by atoms with Crippen LogP contribution in [0.15, 0.2) is 66.7 Å². The van der Waals surface area contributed by atoms with E-state index < -0.39 is 5.97 Å². The van der Waals surface area contributed by atoms with Gasteiger partial charge in [-0.1, -0.05) is 36.4 Å². The third-order valence-corrected chi connectivity index (χ3v) is 6.22. The van der Waals surface area contributed by atoms with Gasteiger partial charge in [-0.2, -0.15) is 0 Å². The normalized spacial score (nSPS) is 13.4. The summed E-state index contributed by atoms with van der Waals surface area (Å²) in [4.78, 5) is 41.5. The molecule has 1 heterocycles.